The van der Waals surface area contributed by atoms with E-state index in [0.29, 0.717) is 32.7 Å². The van der Waals surface area contributed by atoms with E-state index in [1.807, 2.05) is 6.92 Å². The molecule has 1 unspecified atom stereocenters. The summed E-state index contributed by atoms with van der Waals surface area (Å²) in [5.41, 5.74) is 5.45. The number of rotatable bonds is 8. The van der Waals surface area contributed by atoms with E-state index in [0.717, 1.165) is 0 Å². The molecule has 98 valence electrons. The Kier molecular flexibility index (Phi) is 7.70. The van der Waals surface area contributed by atoms with Crippen molar-refractivity contribution in [3.63, 3.8) is 0 Å². The molecule has 0 aromatic carbocycles. The quantitative estimate of drug-likeness (QED) is 0.703. The minimum atomic E-state index is -4.14. The van der Waals surface area contributed by atoms with Gasteiger partial charge in [0.25, 0.3) is 0 Å². The number of alkyl halides is 3. The minimum absolute atomic E-state index is 0.146. The Bertz CT molecular complexity index is 176. The number of hydrogen-bond acceptors (Lipinski definition) is 3. The second-order valence-corrected chi connectivity index (χ2v) is 3.59. The van der Waals surface area contributed by atoms with Gasteiger partial charge in [-0.15, -0.1) is 0 Å². The number of nitrogens with zero attached hydrogens (tertiary/aromatic N) is 1. The van der Waals surface area contributed by atoms with Crippen molar-refractivity contribution in [2.45, 2.75) is 32.5 Å². The van der Waals surface area contributed by atoms with E-state index >= 15 is 0 Å². The van der Waals surface area contributed by atoms with E-state index in [9.17, 15) is 13.2 Å². The van der Waals surface area contributed by atoms with Gasteiger partial charge in [0.15, 0.2) is 0 Å². The molecule has 0 radical (unpaired) electrons. The first-order valence-corrected chi connectivity index (χ1v) is 5.53. The molecule has 0 heterocycles. The first kappa shape index (κ1) is 15.7. The summed E-state index contributed by atoms with van der Waals surface area (Å²) >= 11 is 0. The minimum Gasteiger partial charge on any atom is -0.377 e. The zero-order chi connectivity index (χ0) is 12.6. The molecule has 0 aromatic rings. The molecular weight excluding hydrogens is 221 g/mol. The molecule has 6 heteroatoms. The fourth-order valence-corrected chi connectivity index (χ4v) is 1.43. The van der Waals surface area contributed by atoms with Crippen LogP contribution < -0.4 is 5.73 Å². The molecule has 0 fully saturated rings. The van der Waals surface area contributed by atoms with Gasteiger partial charge in [-0.2, -0.15) is 13.2 Å². The Morgan fingerprint density at radius 1 is 1.31 bits per heavy atom. The molecule has 1 atom stereocenters. The summed E-state index contributed by atoms with van der Waals surface area (Å²) in [6.07, 6.45) is -3.75. The zero-order valence-electron chi connectivity index (χ0n) is 9.89. The first-order chi connectivity index (χ1) is 7.42. The van der Waals surface area contributed by atoms with Crippen LogP contribution in [0.5, 0.6) is 0 Å². The maximum absolute atomic E-state index is 12.1. The van der Waals surface area contributed by atoms with Crippen molar-refractivity contribution < 1.29 is 17.9 Å². The van der Waals surface area contributed by atoms with E-state index in [-0.39, 0.29) is 6.10 Å². The van der Waals surface area contributed by atoms with Gasteiger partial charge in [-0.25, -0.2) is 0 Å². The lowest BCUT2D eigenvalue weighted by Crippen LogP contribution is -2.37. The van der Waals surface area contributed by atoms with Gasteiger partial charge < -0.3 is 10.5 Å². The molecule has 0 saturated heterocycles. The summed E-state index contributed by atoms with van der Waals surface area (Å²) in [7, 11) is 0. The Morgan fingerprint density at radius 3 is 2.31 bits per heavy atom. The fourth-order valence-electron chi connectivity index (χ4n) is 1.43. The van der Waals surface area contributed by atoms with Crippen LogP contribution >= 0.6 is 0 Å². The van der Waals surface area contributed by atoms with Gasteiger partial charge in [-0.3, -0.25) is 4.90 Å². The van der Waals surface area contributed by atoms with Crippen LogP contribution in [0.1, 0.15) is 20.3 Å². The third kappa shape index (κ3) is 7.90. The standard InChI is InChI=1S/C10H21F3N2O/c1-3-15(8-10(11,12)13)6-5-9(7-14)16-4-2/h9H,3-8,14H2,1-2H3. The average molecular weight is 242 g/mol. The summed E-state index contributed by atoms with van der Waals surface area (Å²) in [6.45, 7) is 4.30. The number of hydrogen-bond donors (Lipinski definition) is 1. The molecule has 0 aromatic heterocycles. The fraction of sp³-hybridized carbons (Fsp3) is 1.00. The van der Waals surface area contributed by atoms with Gasteiger partial charge in [0.2, 0.25) is 0 Å². The highest BCUT2D eigenvalue weighted by atomic mass is 19.4. The highest BCUT2D eigenvalue weighted by Crippen LogP contribution is 2.16. The molecule has 0 aliphatic heterocycles. The SMILES string of the molecule is CCOC(CN)CCN(CC)CC(F)(F)F. The lowest BCUT2D eigenvalue weighted by molar-refractivity contribution is -0.146. The van der Waals surface area contributed by atoms with Crippen molar-refractivity contribution in [2.24, 2.45) is 5.73 Å². The average Bonchev–Trinajstić information content (AvgIpc) is 2.20. The van der Waals surface area contributed by atoms with Crippen LogP contribution in [0, 0.1) is 0 Å². The van der Waals surface area contributed by atoms with Crippen LogP contribution in [0.3, 0.4) is 0 Å². The molecule has 0 aliphatic carbocycles. The Labute approximate surface area is 94.7 Å². The Hall–Kier alpha value is -0.330. The number of halogens is 3. The van der Waals surface area contributed by atoms with Gasteiger partial charge in [-0.1, -0.05) is 6.92 Å². The maximum Gasteiger partial charge on any atom is 0.401 e. The summed E-state index contributed by atoms with van der Waals surface area (Å²) in [6, 6.07) is 0. The predicted molar refractivity (Wildman–Crippen MR) is 57.3 cm³/mol. The summed E-state index contributed by atoms with van der Waals surface area (Å²) in [5.74, 6) is 0. The Balaban J connectivity index is 3.93. The normalized spacial score (nSPS) is 14.4. The summed E-state index contributed by atoms with van der Waals surface area (Å²) in [4.78, 5) is 1.35. The molecule has 0 rings (SSSR count). The molecule has 16 heavy (non-hydrogen) atoms. The van der Waals surface area contributed by atoms with Crippen molar-refractivity contribution in [1.82, 2.24) is 4.90 Å². The molecule has 3 nitrogen and oxygen atoms in total. The smallest absolute Gasteiger partial charge is 0.377 e. The second-order valence-electron chi connectivity index (χ2n) is 3.59. The third-order valence-electron chi connectivity index (χ3n) is 2.28. The monoisotopic (exact) mass is 242 g/mol. The predicted octanol–water partition coefficient (Wildman–Crippen LogP) is 1.62. The lowest BCUT2D eigenvalue weighted by atomic mass is 10.2. The zero-order valence-corrected chi connectivity index (χ0v) is 9.89. The van der Waals surface area contributed by atoms with Gasteiger partial charge in [0.05, 0.1) is 12.6 Å². The molecule has 0 aliphatic rings. The third-order valence-corrected chi connectivity index (χ3v) is 2.28. The topological polar surface area (TPSA) is 38.5 Å². The van der Waals surface area contributed by atoms with Crippen LogP contribution in [0.25, 0.3) is 0 Å². The first-order valence-electron chi connectivity index (χ1n) is 5.53. The van der Waals surface area contributed by atoms with Gasteiger partial charge in [0.1, 0.15) is 0 Å². The van der Waals surface area contributed by atoms with Crippen molar-refractivity contribution in [3.05, 3.63) is 0 Å². The van der Waals surface area contributed by atoms with Crippen LogP contribution in [0.4, 0.5) is 13.2 Å². The van der Waals surface area contributed by atoms with E-state index in [1.54, 1.807) is 6.92 Å². The van der Waals surface area contributed by atoms with Crippen LogP contribution in [-0.2, 0) is 4.74 Å². The highest BCUT2D eigenvalue weighted by molar-refractivity contribution is 4.66. The molecule has 2 N–H and O–H groups in total. The molecule has 0 bridgehead atoms. The van der Waals surface area contributed by atoms with Crippen LogP contribution in [0.15, 0.2) is 0 Å². The van der Waals surface area contributed by atoms with E-state index in [4.69, 9.17) is 10.5 Å². The molecule has 0 spiro atoms. The van der Waals surface area contributed by atoms with Gasteiger partial charge >= 0.3 is 6.18 Å². The van der Waals surface area contributed by atoms with Crippen molar-refractivity contribution in [1.29, 1.82) is 0 Å². The van der Waals surface area contributed by atoms with E-state index < -0.39 is 12.7 Å². The van der Waals surface area contributed by atoms with Gasteiger partial charge in [-0.05, 0) is 19.9 Å². The van der Waals surface area contributed by atoms with Crippen LogP contribution in [-0.4, -0.2) is 50.0 Å². The highest BCUT2D eigenvalue weighted by Gasteiger charge is 2.30. The van der Waals surface area contributed by atoms with Crippen molar-refractivity contribution >= 4 is 0 Å². The van der Waals surface area contributed by atoms with Gasteiger partial charge in [0, 0.05) is 19.7 Å². The second kappa shape index (κ2) is 7.86. The number of nitrogens with two attached hydrogens (primary N) is 1. The van der Waals surface area contributed by atoms with E-state index in [1.165, 1.54) is 4.90 Å². The Morgan fingerprint density at radius 2 is 1.94 bits per heavy atom. The van der Waals surface area contributed by atoms with Crippen LogP contribution in [0.2, 0.25) is 0 Å². The van der Waals surface area contributed by atoms with Crippen molar-refractivity contribution in [2.75, 3.05) is 32.8 Å². The summed E-state index contributed by atoms with van der Waals surface area (Å²) < 4.78 is 41.7. The molecular formula is C10H21F3N2O. The molecule has 0 amide bonds. The van der Waals surface area contributed by atoms with Crippen molar-refractivity contribution in [3.8, 4) is 0 Å². The van der Waals surface area contributed by atoms with E-state index in [2.05, 4.69) is 0 Å². The summed E-state index contributed by atoms with van der Waals surface area (Å²) in [5, 5.41) is 0. The largest absolute Gasteiger partial charge is 0.401 e. The number of ether oxygens (including phenoxy) is 1. The lowest BCUT2D eigenvalue weighted by Gasteiger charge is -2.24. The molecule has 0 saturated carbocycles. The maximum atomic E-state index is 12.1.